The Morgan fingerprint density at radius 2 is 1.55 bits per heavy atom. The molecule has 1 N–H and O–H groups in total. The van der Waals surface area contributed by atoms with Crippen LogP contribution >= 0.6 is 34.8 Å². The highest BCUT2D eigenvalue weighted by molar-refractivity contribution is 6.36. The Bertz CT molecular complexity index is 1280. The lowest BCUT2D eigenvalue weighted by Gasteiger charge is -2.16. The van der Waals surface area contributed by atoms with Crippen LogP contribution in [0.3, 0.4) is 0 Å². The predicted molar refractivity (Wildman–Crippen MR) is 147 cm³/mol. The van der Waals surface area contributed by atoms with Crippen LogP contribution in [0.15, 0.2) is 60.7 Å². The number of anilines is 1. The van der Waals surface area contributed by atoms with Gasteiger partial charge >= 0.3 is 11.9 Å². The van der Waals surface area contributed by atoms with Crippen LogP contribution in [0.5, 0.6) is 5.75 Å². The molecule has 3 rings (SSSR count). The summed E-state index contributed by atoms with van der Waals surface area (Å²) in [6, 6.07) is 17.0. The minimum atomic E-state index is -1.14. The second kappa shape index (κ2) is 14.0. The van der Waals surface area contributed by atoms with E-state index < -0.39 is 23.8 Å². The van der Waals surface area contributed by atoms with Crippen molar-refractivity contribution in [2.45, 2.75) is 26.4 Å². The molecule has 3 aromatic carbocycles. The molecule has 1 amide bonds. The van der Waals surface area contributed by atoms with Crippen molar-refractivity contribution in [1.29, 1.82) is 0 Å². The molecule has 0 spiro atoms. The van der Waals surface area contributed by atoms with Crippen LogP contribution in [0.2, 0.25) is 15.1 Å². The molecule has 0 saturated heterocycles. The minimum Gasteiger partial charge on any atom is -0.489 e. The largest absolute Gasteiger partial charge is 0.489 e. The molecule has 0 bridgehead atoms. The van der Waals surface area contributed by atoms with Gasteiger partial charge in [-0.05, 0) is 60.9 Å². The van der Waals surface area contributed by atoms with Gasteiger partial charge in [0.25, 0.3) is 0 Å². The second-order valence-electron chi connectivity index (χ2n) is 8.20. The molecule has 0 aliphatic heterocycles. The first kappa shape index (κ1) is 29.3. The van der Waals surface area contributed by atoms with Gasteiger partial charge in [0, 0.05) is 15.6 Å². The molecule has 1 atom stereocenters. The van der Waals surface area contributed by atoms with Gasteiger partial charge in [-0.1, -0.05) is 59.1 Å². The molecule has 0 aliphatic carbocycles. The lowest BCUT2D eigenvalue weighted by Crippen LogP contribution is -2.32. The number of amides is 1. The maximum Gasteiger partial charge on any atom is 0.318 e. The first-order chi connectivity index (χ1) is 18.2. The number of rotatable bonds is 11. The van der Waals surface area contributed by atoms with Crippen molar-refractivity contribution in [1.82, 2.24) is 0 Å². The van der Waals surface area contributed by atoms with Gasteiger partial charge < -0.3 is 19.5 Å². The van der Waals surface area contributed by atoms with Crippen LogP contribution in [-0.4, -0.2) is 31.6 Å². The van der Waals surface area contributed by atoms with Crippen LogP contribution in [0.1, 0.15) is 23.6 Å². The van der Waals surface area contributed by atoms with E-state index in [0.717, 1.165) is 0 Å². The Hall–Kier alpha value is -3.26. The number of carbonyl (C=O) groups excluding carboxylic acids is 3. The van der Waals surface area contributed by atoms with Crippen molar-refractivity contribution in [3.63, 3.8) is 0 Å². The second-order valence-corrected chi connectivity index (χ2v) is 9.42. The number of esters is 2. The molecule has 0 fully saturated rings. The number of nitrogens with one attached hydrogen (secondary N) is 1. The minimum absolute atomic E-state index is 0.0193. The normalized spacial score (nSPS) is 11.4. The maximum atomic E-state index is 13.1. The number of hydrogen-bond acceptors (Lipinski definition) is 6. The fourth-order valence-corrected chi connectivity index (χ4v) is 4.26. The van der Waals surface area contributed by atoms with Gasteiger partial charge in [0.05, 0.1) is 30.8 Å². The van der Waals surface area contributed by atoms with Gasteiger partial charge in [-0.3, -0.25) is 14.4 Å². The zero-order valence-corrected chi connectivity index (χ0v) is 23.0. The molecule has 0 heterocycles. The third-order valence-electron chi connectivity index (χ3n) is 5.55. The first-order valence-electron chi connectivity index (χ1n) is 11.7. The van der Waals surface area contributed by atoms with Crippen molar-refractivity contribution in [3.8, 4) is 5.75 Å². The van der Waals surface area contributed by atoms with E-state index in [4.69, 9.17) is 49.0 Å². The summed E-state index contributed by atoms with van der Waals surface area (Å²) in [5, 5.41) is 3.95. The number of halogens is 3. The van der Waals surface area contributed by atoms with Crippen LogP contribution in [0.4, 0.5) is 5.69 Å². The van der Waals surface area contributed by atoms with Gasteiger partial charge in [0.2, 0.25) is 5.91 Å². The van der Waals surface area contributed by atoms with E-state index in [2.05, 4.69) is 5.32 Å². The van der Waals surface area contributed by atoms with Crippen LogP contribution in [0, 0.1) is 5.92 Å². The molecule has 0 aromatic heterocycles. The quantitative estimate of drug-likeness (QED) is 0.212. The van der Waals surface area contributed by atoms with Crippen molar-refractivity contribution < 1.29 is 28.6 Å². The first-order valence-corrected chi connectivity index (χ1v) is 12.8. The van der Waals surface area contributed by atoms with E-state index in [0.29, 0.717) is 32.5 Å². The molecule has 7 nitrogen and oxygen atoms in total. The predicted octanol–water partition coefficient (Wildman–Crippen LogP) is 6.30. The Labute approximate surface area is 235 Å². The summed E-state index contributed by atoms with van der Waals surface area (Å²) in [5.74, 6) is -2.27. The van der Waals surface area contributed by atoms with E-state index in [-0.39, 0.29) is 36.8 Å². The van der Waals surface area contributed by atoms with Gasteiger partial charge in [-0.2, -0.15) is 0 Å². The summed E-state index contributed by atoms with van der Waals surface area (Å²) in [6.07, 6.45) is 0.0979. The van der Waals surface area contributed by atoms with Gasteiger partial charge in [-0.15, -0.1) is 0 Å². The average molecular weight is 579 g/mol. The SMILES string of the molecule is CCOC(=O)Cc1ccc(Cl)c(NC(=O)C(Cc2ccc(OCc3c(Cl)cccc3Cl)cc2)C(=O)OC)c1. The van der Waals surface area contributed by atoms with E-state index in [9.17, 15) is 14.4 Å². The maximum absolute atomic E-state index is 13.1. The molecule has 1 unspecified atom stereocenters. The highest BCUT2D eigenvalue weighted by atomic mass is 35.5. The van der Waals surface area contributed by atoms with Crippen LogP contribution < -0.4 is 10.1 Å². The summed E-state index contributed by atoms with van der Waals surface area (Å²) in [6.45, 7) is 2.16. The molecule has 3 aromatic rings. The fourth-order valence-electron chi connectivity index (χ4n) is 3.59. The summed E-state index contributed by atoms with van der Waals surface area (Å²) in [4.78, 5) is 37.4. The summed E-state index contributed by atoms with van der Waals surface area (Å²) >= 11 is 18.6. The third-order valence-corrected chi connectivity index (χ3v) is 6.59. The Morgan fingerprint density at radius 1 is 0.895 bits per heavy atom. The fraction of sp³-hybridized carbons (Fsp3) is 0.250. The van der Waals surface area contributed by atoms with E-state index >= 15 is 0 Å². The summed E-state index contributed by atoms with van der Waals surface area (Å²) < 4.78 is 15.6. The van der Waals surface area contributed by atoms with Crippen LogP contribution in [0.25, 0.3) is 0 Å². The van der Waals surface area contributed by atoms with E-state index in [1.54, 1.807) is 67.6 Å². The third kappa shape index (κ3) is 8.12. The Morgan fingerprint density at radius 3 is 2.18 bits per heavy atom. The molecule has 0 radical (unpaired) electrons. The summed E-state index contributed by atoms with van der Waals surface area (Å²) in [5.41, 5.74) is 2.26. The average Bonchev–Trinajstić information content (AvgIpc) is 2.89. The van der Waals surface area contributed by atoms with Gasteiger partial charge in [0.15, 0.2) is 0 Å². The number of hydrogen-bond donors (Lipinski definition) is 1. The Balaban J connectivity index is 1.68. The summed E-state index contributed by atoms with van der Waals surface area (Å²) in [7, 11) is 1.21. The van der Waals surface area contributed by atoms with Crippen LogP contribution in [-0.2, 0) is 43.3 Å². The Kier molecular flexibility index (Phi) is 10.8. The molecule has 10 heteroatoms. The van der Waals surface area contributed by atoms with Crippen molar-refractivity contribution in [3.05, 3.63) is 92.4 Å². The molecule has 0 aliphatic rings. The van der Waals surface area contributed by atoms with Crippen molar-refractivity contribution >= 4 is 58.3 Å². The molecular weight excluding hydrogens is 553 g/mol. The molecule has 0 saturated carbocycles. The smallest absolute Gasteiger partial charge is 0.318 e. The van der Waals surface area contributed by atoms with E-state index in [1.807, 2.05) is 0 Å². The molecule has 200 valence electrons. The standard InChI is InChI=1S/C28H26Cl3NO6/c1-3-37-26(33)15-18-9-12-24(31)25(14-18)32-27(34)20(28(35)36-2)13-17-7-10-19(11-8-17)38-16-21-22(29)5-4-6-23(21)30/h4-12,14,20H,3,13,15-16H2,1-2H3,(H,32,34). The van der Waals surface area contributed by atoms with Gasteiger partial charge in [-0.25, -0.2) is 0 Å². The topological polar surface area (TPSA) is 90.9 Å². The number of methoxy groups -OCH3 is 1. The zero-order valence-electron chi connectivity index (χ0n) is 20.8. The van der Waals surface area contributed by atoms with E-state index in [1.165, 1.54) is 7.11 Å². The lowest BCUT2D eigenvalue weighted by atomic mass is 9.98. The van der Waals surface area contributed by atoms with Crippen molar-refractivity contribution in [2.75, 3.05) is 19.0 Å². The number of benzene rings is 3. The number of carbonyl (C=O) groups is 3. The van der Waals surface area contributed by atoms with Gasteiger partial charge in [0.1, 0.15) is 18.3 Å². The molecular formula is C28H26Cl3NO6. The lowest BCUT2D eigenvalue weighted by molar-refractivity contribution is -0.148. The monoisotopic (exact) mass is 577 g/mol. The highest BCUT2D eigenvalue weighted by Crippen LogP contribution is 2.27. The zero-order chi connectivity index (χ0) is 27.7. The highest BCUT2D eigenvalue weighted by Gasteiger charge is 2.28. The van der Waals surface area contributed by atoms with Crippen molar-refractivity contribution in [2.24, 2.45) is 5.92 Å². The number of ether oxygens (including phenoxy) is 3. The molecule has 38 heavy (non-hydrogen) atoms.